The number of aromatic nitrogens is 2. The largest absolute Gasteiger partial charge is 0.481 e. The summed E-state index contributed by atoms with van der Waals surface area (Å²) in [6, 6.07) is 0. The van der Waals surface area contributed by atoms with Crippen LogP contribution in [0.1, 0.15) is 56.2 Å². The van der Waals surface area contributed by atoms with Crippen LogP contribution in [0, 0.1) is 5.41 Å². The summed E-state index contributed by atoms with van der Waals surface area (Å²) >= 11 is 0. The molecule has 0 aliphatic heterocycles. The van der Waals surface area contributed by atoms with Gasteiger partial charge in [-0.1, -0.05) is 25.7 Å². The van der Waals surface area contributed by atoms with E-state index in [1.54, 1.807) is 6.33 Å². The zero-order valence-corrected chi connectivity index (χ0v) is 12.4. The van der Waals surface area contributed by atoms with E-state index in [2.05, 4.69) is 15.3 Å². The third-order valence-electron chi connectivity index (χ3n) is 4.98. The molecule has 0 atom stereocenters. The second kappa shape index (κ2) is 6.00. The Balaban J connectivity index is 1.75. The van der Waals surface area contributed by atoms with Crippen LogP contribution in [-0.2, 0) is 17.6 Å². The van der Waals surface area contributed by atoms with E-state index in [1.807, 2.05) is 0 Å². The molecule has 2 N–H and O–H groups in total. The molecule has 1 saturated carbocycles. The molecule has 114 valence electrons. The molecule has 0 amide bonds. The lowest BCUT2D eigenvalue weighted by molar-refractivity contribution is -0.149. The molecular formula is C16H23N3O2. The van der Waals surface area contributed by atoms with Gasteiger partial charge in [0.05, 0.1) is 5.41 Å². The Morgan fingerprint density at radius 1 is 1.14 bits per heavy atom. The van der Waals surface area contributed by atoms with Gasteiger partial charge in [0, 0.05) is 17.8 Å². The van der Waals surface area contributed by atoms with E-state index in [1.165, 1.54) is 5.56 Å². The van der Waals surface area contributed by atoms with Crippen molar-refractivity contribution in [3.63, 3.8) is 0 Å². The summed E-state index contributed by atoms with van der Waals surface area (Å²) < 4.78 is 0. The lowest BCUT2D eigenvalue weighted by Crippen LogP contribution is -2.38. The Labute approximate surface area is 125 Å². The molecule has 1 fully saturated rings. The van der Waals surface area contributed by atoms with Crippen LogP contribution in [0.25, 0.3) is 0 Å². The Bertz CT molecular complexity index is 522. The highest BCUT2D eigenvalue weighted by Crippen LogP contribution is 2.36. The molecule has 2 aliphatic carbocycles. The van der Waals surface area contributed by atoms with E-state index in [0.29, 0.717) is 6.54 Å². The summed E-state index contributed by atoms with van der Waals surface area (Å²) in [6.07, 6.45) is 10.6. The predicted molar refractivity (Wildman–Crippen MR) is 80.3 cm³/mol. The lowest BCUT2D eigenvalue weighted by Gasteiger charge is -2.28. The summed E-state index contributed by atoms with van der Waals surface area (Å²) in [5.74, 6) is 0.185. The highest BCUT2D eigenvalue weighted by molar-refractivity contribution is 5.75. The Kier molecular flexibility index (Phi) is 4.08. The Hall–Kier alpha value is -1.65. The summed E-state index contributed by atoms with van der Waals surface area (Å²) in [5.41, 5.74) is 1.68. The maximum Gasteiger partial charge on any atom is 0.311 e. The van der Waals surface area contributed by atoms with Crippen LogP contribution in [0.15, 0.2) is 6.33 Å². The maximum absolute atomic E-state index is 11.8. The van der Waals surface area contributed by atoms with E-state index < -0.39 is 11.4 Å². The van der Waals surface area contributed by atoms with Crippen molar-refractivity contribution >= 4 is 11.8 Å². The molecule has 0 saturated heterocycles. The molecule has 0 aromatic carbocycles. The topological polar surface area (TPSA) is 75.1 Å². The van der Waals surface area contributed by atoms with Crippen LogP contribution >= 0.6 is 0 Å². The number of hydrogen-bond donors (Lipinski definition) is 2. The molecule has 1 aromatic heterocycles. The molecule has 2 aliphatic rings. The van der Waals surface area contributed by atoms with E-state index in [0.717, 1.165) is 69.3 Å². The van der Waals surface area contributed by atoms with E-state index >= 15 is 0 Å². The second-order valence-electron chi connectivity index (χ2n) is 6.35. The lowest BCUT2D eigenvalue weighted by atomic mass is 9.80. The van der Waals surface area contributed by atoms with Gasteiger partial charge in [0.2, 0.25) is 0 Å². The smallest absolute Gasteiger partial charge is 0.311 e. The van der Waals surface area contributed by atoms with E-state index in [4.69, 9.17) is 0 Å². The number of anilines is 1. The average Bonchev–Trinajstić information content (AvgIpc) is 2.83. The molecule has 5 heteroatoms. The zero-order chi connectivity index (χ0) is 14.7. The first-order chi connectivity index (χ1) is 10.2. The van der Waals surface area contributed by atoms with Gasteiger partial charge in [-0.15, -0.1) is 0 Å². The minimum Gasteiger partial charge on any atom is -0.481 e. The Morgan fingerprint density at radius 3 is 2.62 bits per heavy atom. The van der Waals surface area contributed by atoms with Crippen molar-refractivity contribution < 1.29 is 9.90 Å². The normalized spacial score (nSPS) is 20.6. The van der Waals surface area contributed by atoms with Crippen LogP contribution in [0.2, 0.25) is 0 Å². The van der Waals surface area contributed by atoms with Gasteiger partial charge in [-0.2, -0.15) is 0 Å². The number of aryl methyl sites for hydroxylation is 1. The standard InChI is InChI=1S/C16H23N3O2/c20-15(21)16(8-3-1-2-4-9-16)10-17-14-12-6-5-7-13(12)18-11-19-14/h11H,1-10H2,(H,20,21)(H,17,18,19). The highest BCUT2D eigenvalue weighted by atomic mass is 16.4. The second-order valence-corrected chi connectivity index (χ2v) is 6.35. The number of carboxylic acids is 1. The molecule has 0 unspecified atom stereocenters. The highest BCUT2D eigenvalue weighted by Gasteiger charge is 2.38. The van der Waals surface area contributed by atoms with Gasteiger partial charge in [0.15, 0.2) is 0 Å². The van der Waals surface area contributed by atoms with Crippen LogP contribution in [0.3, 0.4) is 0 Å². The molecule has 5 nitrogen and oxygen atoms in total. The Morgan fingerprint density at radius 2 is 1.90 bits per heavy atom. The fraction of sp³-hybridized carbons (Fsp3) is 0.688. The van der Waals surface area contributed by atoms with Gasteiger partial charge in [-0.3, -0.25) is 4.79 Å². The molecule has 0 bridgehead atoms. The van der Waals surface area contributed by atoms with Crippen LogP contribution < -0.4 is 5.32 Å². The van der Waals surface area contributed by atoms with Crippen molar-refractivity contribution in [3.8, 4) is 0 Å². The number of aliphatic carboxylic acids is 1. The number of rotatable bonds is 4. The van der Waals surface area contributed by atoms with E-state index in [-0.39, 0.29) is 0 Å². The minimum absolute atomic E-state index is 0.478. The number of carbonyl (C=O) groups is 1. The summed E-state index contributed by atoms with van der Waals surface area (Å²) in [6.45, 7) is 0.478. The third kappa shape index (κ3) is 2.87. The van der Waals surface area contributed by atoms with Crippen molar-refractivity contribution in [3.05, 3.63) is 17.6 Å². The first-order valence-electron chi connectivity index (χ1n) is 8.01. The fourth-order valence-electron chi connectivity index (χ4n) is 3.64. The number of hydrogen-bond acceptors (Lipinski definition) is 4. The quantitative estimate of drug-likeness (QED) is 0.834. The first kappa shape index (κ1) is 14.3. The van der Waals surface area contributed by atoms with Gasteiger partial charge in [-0.25, -0.2) is 9.97 Å². The summed E-state index contributed by atoms with van der Waals surface area (Å²) in [7, 11) is 0. The van der Waals surface area contributed by atoms with Crippen LogP contribution in [0.4, 0.5) is 5.82 Å². The van der Waals surface area contributed by atoms with Gasteiger partial charge in [-0.05, 0) is 32.1 Å². The minimum atomic E-state index is -0.664. The third-order valence-corrected chi connectivity index (χ3v) is 4.98. The summed E-state index contributed by atoms with van der Waals surface area (Å²) in [4.78, 5) is 20.5. The van der Waals surface area contributed by atoms with Crippen LogP contribution in [-0.4, -0.2) is 27.6 Å². The zero-order valence-electron chi connectivity index (χ0n) is 12.4. The molecule has 1 aromatic rings. The number of nitrogens with one attached hydrogen (secondary N) is 1. The predicted octanol–water partition coefficient (Wildman–Crippen LogP) is 2.80. The number of carboxylic acid groups (broad SMARTS) is 1. The number of nitrogens with zero attached hydrogens (tertiary/aromatic N) is 2. The molecule has 3 rings (SSSR count). The molecule has 21 heavy (non-hydrogen) atoms. The summed E-state index contributed by atoms with van der Waals surface area (Å²) in [5, 5.41) is 13.0. The molecule has 0 radical (unpaired) electrons. The average molecular weight is 289 g/mol. The van der Waals surface area contributed by atoms with E-state index in [9.17, 15) is 9.90 Å². The van der Waals surface area contributed by atoms with Crippen molar-refractivity contribution in [1.82, 2.24) is 9.97 Å². The first-order valence-corrected chi connectivity index (χ1v) is 8.01. The van der Waals surface area contributed by atoms with Gasteiger partial charge < -0.3 is 10.4 Å². The fourth-order valence-corrected chi connectivity index (χ4v) is 3.64. The van der Waals surface area contributed by atoms with Crippen molar-refractivity contribution in [2.75, 3.05) is 11.9 Å². The van der Waals surface area contributed by atoms with Gasteiger partial charge in [0.25, 0.3) is 0 Å². The molecule has 1 heterocycles. The van der Waals surface area contributed by atoms with Crippen LogP contribution in [0.5, 0.6) is 0 Å². The molecular weight excluding hydrogens is 266 g/mol. The SMILES string of the molecule is O=C(O)C1(CNc2ncnc3c2CCC3)CCCCCC1. The van der Waals surface area contributed by atoms with Crippen molar-refractivity contribution in [1.29, 1.82) is 0 Å². The molecule has 0 spiro atoms. The maximum atomic E-state index is 11.8. The van der Waals surface area contributed by atoms with Crippen molar-refractivity contribution in [2.45, 2.75) is 57.8 Å². The van der Waals surface area contributed by atoms with Gasteiger partial charge in [0.1, 0.15) is 12.1 Å². The number of fused-ring (bicyclic) bond motifs is 1. The van der Waals surface area contributed by atoms with Crippen molar-refractivity contribution in [2.24, 2.45) is 5.41 Å². The monoisotopic (exact) mass is 289 g/mol. The van der Waals surface area contributed by atoms with Gasteiger partial charge >= 0.3 is 5.97 Å².